The van der Waals surface area contributed by atoms with Gasteiger partial charge in [0.15, 0.2) is 5.69 Å². The van der Waals surface area contributed by atoms with E-state index in [4.69, 9.17) is 17.4 Å². The number of aromatic carboxylic acids is 1. The minimum absolute atomic E-state index is 0.00958. The second-order valence-corrected chi connectivity index (χ2v) is 2.84. The Morgan fingerprint density at radius 1 is 1.64 bits per heavy atom. The molecule has 14 heavy (non-hydrogen) atoms. The second-order valence-electron chi connectivity index (χ2n) is 2.84. The molecule has 4 nitrogen and oxygen atoms in total. The van der Waals surface area contributed by atoms with Gasteiger partial charge in [-0.15, -0.1) is 0 Å². The number of hydrogen-bond donors (Lipinski definition) is 2. The lowest BCUT2D eigenvalue weighted by Gasteiger charge is -2.07. The summed E-state index contributed by atoms with van der Waals surface area (Å²) < 4.78 is 0. The summed E-state index contributed by atoms with van der Waals surface area (Å²) in [5, 5.41) is 8.82. The SMILES string of the molecule is [C-]#[N+]c1cc(CC)c(N)c(C(=O)O)c1. The maximum atomic E-state index is 10.8. The smallest absolute Gasteiger partial charge is 0.336 e. The van der Waals surface area contributed by atoms with Crippen LogP contribution in [-0.2, 0) is 6.42 Å². The highest BCUT2D eigenvalue weighted by molar-refractivity contribution is 5.95. The van der Waals surface area contributed by atoms with E-state index in [2.05, 4.69) is 4.85 Å². The monoisotopic (exact) mass is 190 g/mol. The predicted octanol–water partition coefficient (Wildman–Crippen LogP) is 2.08. The van der Waals surface area contributed by atoms with E-state index in [9.17, 15) is 4.79 Å². The summed E-state index contributed by atoms with van der Waals surface area (Å²) in [5.74, 6) is -1.09. The largest absolute Gasteiger partial charge is 0.478 e. The molecule has 1 aromatic rings. The molecule has 3 N–H and O–H groups in total. The Balaban J connectivity index is 3.44. The molecule has 0 unspecified atom stereocenters. The molecule has 0 bridgehead atoms. The molecule has 0 aromatic heterocycles. The number of aryl methyl sites for hydroxylation is 1. The van der Waals surface area contributed by atoms with Crippen LogP contribution in [0.25, 0.3) is 4.85 Å². The van der Waals surface area contributed by atoms with E-state index in [-0.39, 0.29) is 11.3 Å². The van der Waals surface area contributed by atoms with Gasteiger partial charge in [-0.25, -0.2) is 9.64 Å². The maximum Gasteiger partial charge on any atom is 0.336 e. The number of nitrogens with zero attached hydrogens (tertiary/aromatic N) is 1. The minimum atomic E-state index is -1.09. The van der Waals surface area contributed by atoms with Crippen LogP contribution in [0.4, 0.5) is 11.4 Å². The Hall–Kier alpha value is -2.02. The van der Waals surface area contributed by atoms with E-state index in [0.717, 1.165) is 0 Å². The number of nitrogens with two attached hydrogens (primary N) is 1. The van der Waals surface area contributed by atoms with Gasteiger partial charge in [0.05, 0.1) is 12.1 Å². The van der Waals surface area contributed by atoms with Crippen molar-refractivity contribution in [2.75, 3.05) is 5.73 Å². The van der Waals surface area contributed by atoms with E-state index in [1.807, 2.05) is 6.92 Å². The van der Waals surface area contributed by atoms with E-state index >= 15 is 0 Å². The normalized spacial score (nSPS) is 9.43. The first-order valence-corrected chi connectivity index (χ1v) is 4.13. The van der Waals surface area contributed by atoms with Crippen LogP contribution in [0.3, 0.4) is 0 Å². The lowest BCUT2D eigenvalue weighted by atomic mass is 10.0. The molecule has 0 radical (unpaired) electrons. The number of benzene rings is 1. The van der Waals surface area contributed by atoms with Gasteiger partial charge in [0.2, 0.25) is 0 Å². The molecule has 1 rings (SSSR count). The average Bonchev–Trinajstić information content (AvgIpc) is 2.17. The number of anilines is 1. The Labute approximate surface area is 81.8 Å². The van der Waals surface area contributed by atoms with Crippen molar-refractivity contribution >= 4 is 17.3 Å². The fourth-order valence-electron chi connectivity index (χ4n) is 1.23. The fourth-order valence-corrected chi connectivity index (χ4v) is 1.23. The zero-order chi connectivity index (χ0) is 10.7. The summed E-state index contributed by atoms with van der Waals surface area (Å²) in [6, 6.07) is 2.92. The molecule has 72 valence electrons. The highest BCUT2D eigenvalue weighted by Crippen LogP contribution is 2.25. The van der Waals surface area contributed by atoms with Crippen molar-refractivity contribution in [3.05, 3.63) is 34.7 Å². The van der Waals surface area contributed by atoms with Crippen molar-refractivity contribution in [2.45, 2.75) is 13.3 Å². The third kappa shape index (κ3) is 1.67. The molecule has 0 heterocycles. The van der Waals surface area contributed by atoms with Crippen LogP contribution in [0, 0.1) is 6.57 Å². The van der Waals surface area contributed by atoms with Crippen molar-refractivity contribution in [3.63, 3.8) is 0 Å². The van der Waals surface area contributed by atoms with Crippen molar-refractivity contribution in [3.8, 4) is 0 Å². The first-order chi connectivity index (χ1) is 6.60. The Morgan fingerprint density at radius 2 is 2.29 bits per heavy atom. The van der Waals surface area contributed by atoms with Gasteiger partial charge in [-0.2, -0.15) is 0 Å². The zero-order valence-electron chi connectivity index (χ0n) is 7.74. The van der Waals surface area contributed by atoms with Crippen molar-refractivity contribution in [1.82, 2.24) is 0 Å². The summed E-state index contributed by atoms with van der Waals surface area (Å²) in [7, 11) is 0. The molecule has 0 aliphatic heterocycles. The van der Waals surface area contributed by atoms with E-state index in [1.165, 1.54) is 6.07 Å². The van der Waals surface area contributed by atoms with Crippen LogP contribution < -0.4 is 5.73 Å². The van der Waals surface area contributed by atoms with Crippen molar-refractivity contribution in [1.29, 1.82) is 0 Å². The van der Waals surface area contributed by atoms with Gasteiger partial charge in [-0.1, -0.05) is 13.0 Å². The second kappa shape index (κ2) is 3.79. The quantitative estimate of drug-likeness (QED) is 0.554. The summed E-state index contributed by atoms with van der Waals surface area (Å²) in [4.78, 5) is 14.0. The lowest BCUT2D eigenvalue weighted by Crippen LogP contribution is -2.04. The van der Waals surface area contributed by atoms with Gasteiger partial charge in [0.25, 0.3) is 0 Å². The third-order valence-electron chi connectivity index (χ3n) is 1.99. The summed E-state index contributed by atoms with van der Waals surface area (Å²) in [5.41, 5.74) is 6.92. The molecule has 0 spiro atoms. The van der Waals surface area contributed by atoms with Gasteiger partial charge in [-0.3, -0.25) is 0 Å². The van der Waals surface area contributed by atoms with Crippen molar-refractivity contribution < 1.29 is 9.90 Å². The molecular weight excluding hydrogens is 180 g/mol. The highest BCUT2D eigenvalue weighted by Gasteiger charge is 2.12. The fraction of sp³-hybridized carbons (Fsp3) is 0.200. The Kier molecular flexibility index (Phi) is 2.73. The van der Waals surface area contributed by atoms with Crippen LogP contribution >= 0.6 is 0 Å². The maximum absolute atomic E-state index is 10.8. The number of carboxylic acid groups (broad SMARTS) is 1. The Bertz CT molecular complexity index is 419. The first-order valence-electron chi connectivity index (χ1n) is 4.13. The molecule has 0 saturated heterocycles. The lowest BCUT2D eigenvalue weighted by molar-refractivity contribution is 0.0698. The van der Waals surface area contributed by atoms with Crippen LogP contribution in [0.15, 0.2) is 12.1 Å². The van der Waals surface area contributed by atoms with Crippen molar-refractivity contribution in [2.24, 2.45) is 0 Å². The van der Waals surface area contributed by atoms with Crippen LogP contribution in [0.1, 0.15) is 22.8 Å². The number of rotatable bonds is 2. The van der Waals surface area contributed by atoms with Crippen LogP contribution in [0.5, 0.6) is 0 Å². The highest BCUT2D eigenvalue weighted by atomic mass is 16.4. The van der Waals surface area contributed by atoms with Crippen LogP contribution in [-0.4, -0.2) is 11.1 Å². The molecule has 0 aliphatic carbocycles. The molecular formula is C10H10N2O2. The molecule has 0 fully saturated rings. The summed E-state index contributed by atoms with van der Waals surface area (Å²) >= 11 is 0. The van der Waals surface area contributed by atoms with E-state index < -0.39 is 5.97 Å². The van der Waals surface area contributed by atoms with Crippen LogP contribution in [0.2, 0.25) is 0 Å². The topological polar surface area (TPSA) is 67.7 Å². The minimum Gasteiger partial charge on any atom is -0.478 e. The van der Waals surface area contributed by atoms with Gasteiger partial charge < -0.3 is 10.8 Å². The number of carbonyl (C=O) groups is 1. The van der Waals surface area contributed by atoms with Gasteiger partial charge in [-0.05, 0) is 18.1 Å². The number of carboxylic acids is 1. The summed E-state index contributed by atoms with van der Waals surface area (Å²) in [6.07, 6.45) is 0.621. The van der Waals surface area contributed by atoms with E-state index in [0.29, 0.717) is 17.7 Å². The predicted molar refractivity (Wildman–Crippen MR) is 53.5 cm³/mol. The number of nitrogen functional groups attached to an aromatic ring is 1. The Morgan fingerprint density at radius 3 is 2.71 bits per heavy atom. The zero-order valence-corrected chi connectivity index (χ0v) is 7.74. The average molecular weight is 190 g/mol. The molecule has 0 atom stereocenters. The van der Waals surface area contributed by atoms with Gasteiger partial charge in [0.1, 0.15) is 0 Å². The molecule has 0 amide bonds. The van der Waals surface area contributed by atoms with E-state index in [1.54, 1.807) is 6.07 Å². The standard InChI is InChI=1S/C10H10N2O2/c1-3-6-4-7(12-2)5-8(9(6)11)10(13)14/h4-5H,3,11H2,1H3,(H,13,14). The van der Waals surface area contributed by atoms with Gasteiger partial charge >= 0.3 is 5.97 Å². The summed E-state index contributed by atoms with van der Waals surface area (Å²) in [6.45, 7) is 8.68. The van der Waals surface area contributed by atoms with Gasteiger partial charge in [0, 0.05) is 5.69 Å². The molecule has 4 heteroatoms. The third-order valence-corrected chi connectivity index (χ3v) is 1.99. The first kappa shape index (κ1) is 10.1. The molecule has 1 aromatic carbocycles. The molecule has 0 saturated carbocycles. The molecule has 0 aliphatic rings. The number of hydrogen-bond acceptors (Lipinski definition) is 2.